The zero-order chi connectivity index (χ0) is 14.0. The van der Waals surface area contributed by atoms with Gasteiger partial charge in [0.05, 0.1) is 17.4 Å². The Balaban J connectivity index is 2.23. The van der Waals surface area contributed by atoms with E-state index < -0.39 is 18.4 Å². The molecule has 1 aromatic carbocycles. The van der Waals surface area contributed by atoms with Gasteiger partial charge in [0.25, 0.3) is 5.91 Å². The lowest BCUT2D eigenvalue weighted by Crippen LogP contribution is -2.40. The van der Waals surface area contributed by atoms with Crippen LogP contribution in [0.5, 0.6) is 0 Å². The molecule has 0 unspecified atom stereocenters. The SMILES string of the molecule is O=C([O-])CN1C(=O)C(=Cc2ccc(Cl)cc2)SC1=S. The summed E-state index contributed by atoms with van der Waals surface area (Å²) >= 11 is 11.8. The second kappa shape index (κ2) is 5.73. The van der Waals surface area contributed by atoms with Crippen LogP contribution in [0, 0.1) is 0 Å². The zero-order valence-corrected chi connectivity index (χ0v) is 11.8. The third-order valence-corrected chi connectivity index (χ3v) is 3.96. The van der Waals surface area contributed by atoms with Gasteiger partial charge >= 0.3 is 0 Å². The first-order valence-electron chi connectivity index (χ1n) is 5.18. The number of thiocarbonyl (C=S) groups is 1. The van der Waals surface area contributed by atoms with E-state index in [1.807, 2.05) is 0 Å². The highest BCUT2D eigenvalue weighted by Gasteiger charge is 2.31. The van der Waals surface area contributed by atoms with Gasteiger partial charge in [0.2, 0.25) is 0 Å². The maximum atomic E-state index is 12.0. The molecule has 0 aromatic heterocycles. The second-order valence-electron chi connectivity index (χ2n) is 3.69. The van der Waals surface area contributed by atoms with Crippen LogP contribution < -0.4 is 5.11 Å². The van der Waals surface area contributed by atoms with Crippen LogP contribution in [0.4, 0.5) is 0 Å². The molecular formula is C12H7ClNO3S2-. The number of halogens is 1. The molecule has 0 spiro atoms. The van der Waals surface area contributed by atoms with Gasteiger partial charge in [0.1, 0.15) is 4.32 Å². The summed E-state index contributed by atoms with van der Waals surface area (Å²) < 4.78 is 0.217. The predicted octanol–water partition coefficient (Wildman–Crippen LogP) is 1.29. The van der Waals surface area contributed by atoms with Gasteiger partial charge in [-0.2, -0.15) is 0 Å². The number of hydrogen-bond donors (Lipinski definition) is 0. The summed E-state index contributed by atoms with van der Waals surface area (Å²) in [6.45, 7) is -0.525. The number of carboxylic acids is 1. The van der Waals surface area contributed by atoms with Gasteiger partial charge < -0.3 is 9.90 Å². The number of carboxylic acid groups (broad SMARTS) is 1. The maximum Gasteiger partial charge on any atom is 0.266 e. The molecule has 0 bridgehead atoms. The van der Waals surface area contributed by atoms with E-state index in [-0.39, 0.29) is 4.32 Å². The van der Waals surface area contributed by atoms with E-state index in [0.717, 1.165) is 22.2 Å². The Labute approximate surface area is 124 Å². The number of hydrogen-bond acceptors (Lipinski definition) is 5. The molecule has 1 aromatic rings. The summed E-state index contributed by atoms with van der Waals surface area (Å²) in [6, 6.07) is 6.92. The monoisotopic (exact) mass is 312 g/mol. The van der Waals surface area contributed by atoms with E-state index >= 15 is 0 Å². The minimum atomic E-state index is -1.34. The molecule has 0 atom stereocenters. The number of nitrogens with zero attached hydrogens (tertiary/aromatic N) is 1. The number of benzene rings is 1. The molecule has 4 nitrogen and oxygen atoms in total. The van der Waals surface area contributed by atoms with Crippen molar-refractivity contribution in [2.24, 2.45) is 0 Å². The first kappa shape index (κ1) is 14.0. The van der Waals surface area contributed by atoms with Crippen LogP contribution in [0.3, 0.4) is 0 Å². The van der Waals surface area contributed by atoms with Gasteiger partial charge in [0.15, 0.2) is 0 Å². The van der Waals surface area contributed by atoms with Crippen molar-refractivity contribution >= 4 is 57.9 Å². The highest BCUT2D eigenvalue weighted by molar-refractivity contribution is 8.26. The van der Waals surface area contributed by atoms with E-state index in [0.29, 0.717) is 9.93 Å². The first-order valence-corrected chi connectivity index (χ1v) is 6.78. The Morgan fingerprint density at radius 2 is 2.05 bits per heavy atom. The van der Waals surface area contributed by atoms with Crippen LogP contribution in [0.2, 0.25) is 5.02 Å². The van der Waals surface area contributed by atoms with Gasteiger partial charge in [-0.1, -0.05) is 47.7 Å². The largest absolute Gasteiger partial charge is 0.548 e. The van der Waals surface area contributed by atoms with Crippen molar-refractivity contribution in [3.05, 3.63) is 39.8 Å². The van der Waals surface area contributed by atoms with Crippen LogP contribution in [-0.4, -0.2) is 27.6 Å². The quantitative estimate of drug-likeness (QED) is 0.622. The molecule has 1 saturated heterocycles. The molecule has 0 N–H and O–H groups in total. The molecule has 7 heteroatoms. The number of carbonyl (C=O) groups is 2. The van der Waals surface area contributed by atoms with Gasteiger partial charge in [-0.15, -0.1) is 0 Å². The van der Waals surface area contributed by atoms with Crippen molar-refractivity contribution in [2.75, 3.05) is 6.54 Å². The van der Waals surface area contributed by atoms with Crippen LogP contribution in [0.15, 0.2) is 29.2 Å². The molecule has 2 rings (SSSR count). The highest BCUT2D eigenvalue weighted by atomic mass is 35.5. The minimum absolute atomic E-state index is 0.217. The minimum Gasteiger partial charge on any atom is -0.548 e. The third kappa shape index (κ3) is 3.34. The highest BCUT2D eigenvalue weighted by Crippen LogP contribution is 2.32. The van der Waals surface area contributed by atoms with Crippen molar-refractivity contribution in [3.8, 4) is 0 Å². The molecule has 0 radical (unpaired) electrons. The third-order valence-electron chi connectivity index (χ3n) is 2.33. The maximum absolute atomic E-state index is 12.0. The molecule has 19 heavy (non-hydrogen) atoms. The fraction of sp³-hybridized carbons (Fsp3) is 0.0833. The zero-order valence-electron chi connectivity index (χ0n) is 9.46. The van der Waals surface area contributed by atoms with Gasteiger partial charge in [-0.3, -0.25) is 9.69 Å². The summed E-state index contributed by atoms with van der Waals surface area (Å²) in [5.41, 5.74) is 0.790. The van der Waals surface area contributed by atoms with Crippen LogP contribution in [-0.2, 0) is 9.59 Å². The Kier molecular flexibility index (Phi) is 4.24. The molecule has 0 saturated carbocycles. The number of carbonyl (C=O) groups excluding carboxylic acids is 2. The summed E-state index contributed by atoms with van der Waals surface area (Å²) in [5.74, 6) is -1.77. The lowest BCUT2D eigenvalue weighted by molar-refractivity contribution is -0.305. The van der Waals surface area contributed by atoms with Crippen molar-refractivity contribution in [3.63, 3.8) is 0 Å². The Bertz CT molecular complexity index is 583. The predicted molar refractivity (Wildman–Crippen MR) is 76.3 cm³/mol. The average Bonchev–Trinajstić information content (AvgIpc) is 2.60. The van der Waals surface area contributed by atoms with Gasteiger partial charge in [-0.05, 0) is 23.8 Å². The summed E-state index contributed by atoms with van der Waals surface area (Å²) in [7, 11) is 0. The van der Waals surface area contributed by atoms with Crippen LogP contribution in [0.25, 0.3) is 6.08 Å². The lowest BCUT2D eigenvalue weighted by atomic mass is 10.2. The first-order chi connectivity index (χ1) is 8.97. The Morgan fingerprint density at radius 3 is 2.63 bits per heavy atom. The van der Waals surface area contributed by atoms with Crippen molar-refractivity contribution in [2.45, 2.75) is 0 Å². The fourth-order valence-electron chi connectivity index (χ4n) is 1.48. The van der Waals surface area contributed by atoms with Gasteiger partial charge in [-0.25, -0.2) is 0 Å². The van der Waals surface area contributed by atoms with E-state index in [1.54, 1.807) is 30.3 Å². The normalized spacial score (nSPS) is 17.3. The molecular weight excluding hydrogens is 306 g/mol. The van der Waals surface area contributed by atoms with E-state index in [1.165, 1.54) is 0 Å². The summed E-state index contributed by atoms with van der Waals surface area (Å²) in [4.78, 5) is 23.9. The number of aliphatic carboxylic acids is 1. The van der Waals surface area contributed by atoms with E-state index in [2.05, 4.69) is 0 Å². The topological polar surface area (TPSA) is 60.4 Å². The fourth-order valence-corrected chi connectivity index (χ4v) is 2.86. The van der Waals surface area contributed by atoms with Crippen molar-refractivity contribution in [1.29, 1.82) is 0 Å². The Morgan fingerprint density at radius 1 is 1.42 bits per heavy atom. The number of amides is 1. The summed E-state index contributed by atoms with van der Waals surface area (Å²) in [5, 5.41) is 11.1. The smallest absolute Gasteiger partial charge is 0.266 e. The number of thioether (sulfide) groups is 1. The second-order valence-corrected chi connectivity index (χ2v) is 5.80. The van der Waals surface area contributed by atoms with Crippen LogP contribution >= 0.6 is 35.6 Å². The Hall–Kier alpha value is -1.37. The van der Waals surface area contributed by atoms with Crippen molar-refractivity contribution in [1.82, 2.24) is 4.90 Å². The van der Waals surface area contributed by atoms with E-state index in [4.69, 9.17) is 23.8 Å². The lowest BCUT2D eigenvalue weighted by Gasteiger charge is -2.14. The molecule has 1 amide bonds. The molecule has 1 heterocycles. The van der Waals surface area contributed by atoms with Gasteiger partial charge in [0, 0.05) is 5.02 Å². The van der Waals surface area contributed by atoms with Crippen molar-refractivity contribution < 1.29 is 14.7 Å². The van der Waals surface area contributed by atoms with Crippen LogP contribution in [0.1, 0.15) is 5.56 Å². The van der Waals surface area contributed by atoms with E-state index in [9.17, 15) is 14.7 Å². The molecule has 0 aliphatic carbocycles. The standard InChI is InChI=1S/C12H8ClNO3S2/c13-8-3-1-7(2-4-8)5-9-11(17)14(6-10(15)16)12(18)19-9/h1-5H,6H2,(H,15,16)/p-1. The molecule has 98 valence electrons. The average molecular weight is 313 g/mol. The molecule has 1 aliphatic heterocycles. The molecule has 1 fully saturated rings. The number of rotatable bonds is 3. The molecule has 1 aliphatic rings. The summed E-state index contributed by atoms with van der Waals surface area (Å²) in [6.07, 6.45) is 1.64.